The predicted molar refractivity (Wildman–Crippen MR) is 117 cm³/mol. The highest BCUT2D eigenvalue weighted by atomic mass is 16.1. The number of piperidine rings is 1. The number of unbranched alkanes of at least 4 members (excludes halogenated alkanes) is 9. The molecule has 1 fully saturated rings. The fourth-order valence-electron chi connectivity index (χ4n) is 4.07. The fourth-order valence-corrected chi connectivity index (χ4v) is 4.07. The van der Waals surface area contributed by atoms with Crippen LogP contribution in [0, 0.1) is 5.92 Å². The Morgan fingerprint density at radius 1 is 1.04 bits per heavy atom. The molecule has 0 aliphatic carbocycles. The van der Waals surface area contributed by atoms with Gasteiger partial charge < -0.3 is 5.32 Å². The van der Waals surface area contributed by atoms with E-state index in [1.807, 2.05) is 18.5 Å². The number of aromatic nitrogens is 1. The Bertz CT molecular complexity index is 512. The standard InChI is InChI=1S/C24H41N3O/c1-2-3-4-5-6-7-8-9-10-11-17-26-24(28)23-14-18-27(19-15-23)21-22-13-12-16-25-20-22/h12-13,16,20,23H,2-11,14-15,17-19,21H2,1H3,(H,26,28). The molecule has 1 aromatic heterocycles. The first-order valence-electron chi connectivity index (χ1n) is 11.7. The molecule has 1 amide bonds. The summed E-state index contributed by atoms with van der Waals surface area (Å²) in [6.07, 6.45) is 19.1. The molecule has 1 aliphatic heterocycles. The first kappa shape index (κ1) is 22.9. The van der Waals surface area contributed by atoms with Gasteiger partial charge in [-0.15, -0.1) is 0 Å². The largest absolute Gasteiger partial charge is 0.356 e. The van der Waals surface area contributed by atoms with Crippen molar-refractivity contribution < 1.29 is 4.79 Å². The molecule has 28 heavy (non-hydrogen) atoms. The van der Waals surface area contributed by atoms with Crippen LogP contribution in [-0.4, -0.2) is 35.4 Å². The molecule has 158 valence electrons. The van der Waals surface area contributed by atoms with Gasteiger partial charge in [0, 0.05) is 31.4 Å². The van der Waals surface area contributed by atoms with Crippen LogP contribution in [-0.2, 0) is 11.3 Å². The summed E-state index contributed by atoms with van der Waals surface area (Å²) in [5.74, 6) is 0.477. The summed E-state index contributed by atoms with van der Waals surface area (Å²) in [4.78, 5) is 19.0. The summed E-state index contributed by atoms with van der Waals surface area (Å²) < 4.78 is 0. The minimum Gasteiger partial charge on any atom is -0.356 e. The van der Waals surface area contributed by atoms with Crippen molar-refractivity contribution in [3.63, 3.8) is 0 Å². The van der Waals surface area contributed by atoms with Crippen molar-refractivity contribution in [3.8, 4) is 0 Å². The van der Waals surface area contributed by atoms with Gasteiger partial charge in [-0.25, -0.2) is 0 Å². The van der Waals surface area contributed by atoms with Gasteiger partial charge in [-0.1, -0.05) is 70.8 Å². The van der Waals surface area contributed by atoms with Crippen molar-refractivity contribution >= 4 is 5.91 Å². The molecule has 2 heterocycles. The molecular weight excluding hydrogens is 346 g/mol. The summed E-state index contributed by atoms with van der Waals surface area (Å²) in [5, 5.41) is 3.17. The van der Waals surface area contributed by atoms with Crippen LogP contribution >= 0.6 is 0 Å². The molecular formula is C24H41N3O. The Labute approximate surface area is 172 Å². The van der Waals surface area contributed by atoms with Gasteiger partial charge in [0.1, 0.15) is 0 Å². The van der Waals surface area contributed by atoms with Crippen LogP contribution in [0.5, 0.6) is 0 Å². The topological polar surface area (TPSA) is 45.2 Å². The number of carbonyl (C=O) groups excluding carboxylic acids is 1. The maximum absolute atomic E-state index is 12.4. The molecule has 0 atom stereocenters. The number of likely N-dealkylation sites (tertiary alicyclic amines) is 1. The number of hydrogen-bond acceptors (Lipinski definition) is 3. The number of carbonyl (C=O) groups is 1. The molecule has 4 heteroatoms. The first-order valence-corrected chi connectivity index (χ1v) is 11.7. The van der Waals surface area contributed by atoms with Gasteiger partial charge in [0.2, 0.25) is 5.91 Å². The Kier molecular flexibility index (Phi) is 11.9. The highest BCUT2D eigenvalue weighted by molar-refractivity contribution is 5.78. The van der Waals surface area contributed by atoms with E-state index in [9.17, 15) is 4.79 Å². The second-order valence-corrected chi connectivity index (χ2v) is 8.38. The Morgan fingerprint density at radius 3 is 2.29 bits per heavy atom. The van der Waals surface area contributed by atoms with Crippen LogP contribution in [0.4, 0.5) is 0 Å². The molecule has 4 nitrogen and oxygen atoms in total. The quantitative estimate of drug-likeness (QED) is 0.439. The molecule has 2 rings (SSSR count). The minimum absolute atomic E-state index is 0.202. The van der Waals surface area contributed by atoms with E-state index >= 15 is 0 Å². The summed E-state index contributed by atoms with van der Waals surface area (Å²) >= 11 is 0. The molecule has 1 aromatic rings. The molecule has 1 saturated heterocycles. The van der Waals surface area contributed by atoms with Crippen molar-refractivity contribution in [2.45, 2.75) is 90.5 Å². The monoisotopic (exact) mass is 387 g/mol. The van der Waals surface area contributed by atoms with Crippen molar-refractivity contribution in [1.29, 1.82) is 0 Å². The van der Waals surface area contributed by atoms with Gasteiger partial charge in [0.15, 0.2) is 0 Å². The van der Waals surface area contributed by atoms with E-state index in [2.05, 4.69) is 28.2 Å². The molecule has 1 aliphatic rings. The van der Waals surface area contributed by atoms with Gasteiger partial charge in [0.05, 0.1) is 0 Å². The van der Waals surface area contributed by atoms with E-state index in [-0.39, 0.29) is 11.8 Å². The van der Waals surface area contributed by atoms with Crippen LogP contribution in [0.3, 0.4) is 0 Å². The number of pyridine rings is 1. The van der Waals surface area contributed by atoms with Crippen LogP contribution in [0.2, 0.25) is 0 Å². The lowest BCUT2D eigenvalue weighted by atomic mass is 9.95. The Morgan fingerprint density at radius 2 is 1.68 bits per heavy atom. The van der Waals surface area contributed by atoms with Crippen molar-refractivity contribution in [3.05, 3.63) is 30.1 Å². The molecule has 0 saturated carbocycles. The normalized spacial score (nSPS) is 15.6. The minimum atomic E-state index is 0.202. The van der Waals surface area contributed by atoms with E-state index in [0.29, 0.717) is 0 Å². The lowest BCUT2D eigenvalue weighted by Gasteiger charge is -2.31. The zero-order chi connectivity index (χ0) is 19.9. The number of nitrogens with zero attached hydrogens (tertiary/aromatic N) is 2. The van der Waals surface area contributed by atoms with E-state index < -0.39 is 0 Å². The smallest absolute Gasteiger partial charge is 0.223 e. The van der Waals surface area contributed by atoms with Crippen LogP contribution in [0.1, 0.15) is 89.5 Å². The Hall–Kier alpha value is -1.42. The first-order chi connectivity index (χ1) is 13.8. The second-order valence-electron chi connectivity index (χ2n) is 8.38. The third-order valence-corrected chi connectivity index (χ3v) is 5.92. The van der Waals surface area contributed by atoms with Gasteiger partial charge in [-0.2, -0.15) is 0 Å². The van der Waals surface area contributed by atoms with Crippen LogP contribution in [0.15, 0.2) is 24.5 Å². The third-order valence-electron chi connectivity index (χ3n) is 5.92. The number of nitrogens with one attached hydrogen (secondary N) is 1. The van der Waals surface area contributed by atoms with E-state index in [0.717, 1.165) is 45.4 Å². The molecule has 0 unspecified atom stereocenters. The zero-order valence-corrected chi connectivity index (χ0v) is 18.0. The molecule has 1 N–H and O–H groups in total. The lowest BCUT2D eigenvalue weighted by molar-refractivity contribution is -0.126. The van der Waals surface area contributed by atoms with E-state index in [1.165, 1.54) is 63.4 Å². The van der Waals surface area contributed by atoms with Gasteiger partial charge >= 0.3 is 0 Å². The third kappa shape index (κ3) is 9.68. The SMILES string of the molecule is CCCCCCCCCCCCNC(=O)C1CCN(Cc2cccnc2)CC1. The number of rotatable bonds is 14. The predicted octanol–water partition coefficient (Wildman–Crippen LogP) is 5.33. The van der Waals surface area contributed by atoms with E-state index in [4.69, 9.17) is 0 Å². The zero-order valence-electron chi connectivity index (χ0n) is 18.0. The van der Waals surface area contributed by atoms with E-state index in [1.54, 1.807) is 0 Å². The average Bonchev–Trinajstić information content (AvgIpc) is 2.73. The fraction of sp³-hybridized carbons (Fsp3) is 0.750. The second kappa shape index (κ2) is 14.6. The van der Waals surface area contributed by atoms with Crippen LogP contribution in [0.25, 0.3) is 0 Å². The van der Waals surface area contributed by atoms with Crippen molar-refractivity contribution in [2.75, 3.05) is 19.6 Å². The van der Waals surface area contributed by atoms with Crippen LogP contribution < -0.4 is 5.32 Å². The molecule has 0 spiro atoms. The van der Waals surface area contributed by atoms with Gasteiger partial charge in [0.25, 0.3) is 0 Å². The summed E-state index contributed by atoms with van der Waals surface area (Å²) in [5.41, 5.74) is 1.26. The van der Waals surface area contributed by atoms with Crippen molar-refractivity contribution in [2.24, 2.45) is 5.92 Å². The average molecular weight is 388 g/mol. The summed E-state index contributed by atoms with van der Waals surface area (Å²) in [6.45, 7) is 6.08. The molecule has 0 aromatic carbocycles. The highest BCUT2D eigenvalue weighted by Gasteiger charge is 2.24. The Balaban J connectivity index is 1.44. The summed E-state index contributed by atoms with van der Waals surface area (Å²) in [6, 6.07) is 4.11. The van der Waals surface area contributed by atoms with Gasteiger partial charge in [-0.3, -0.25) is 14.7 Å². The molecule has 0 radical (unpaired) electrons. The highest BCUT2D eigenvalue weighted by Crippen LogP contribution is 2.19. The number of hydrogen-bond donors (Lipinski definition) is 1. The maximum atomic E-state index is 12.4. The van der Waals surface area contributed by atoms with Crippen molar-refractivity contribution in [1.82, 2.24) is 15.2 Å². The number of amides is 1. The maximum Gasteiger partial charge on any atom is 0.223 e. The summed E-state index contributed by atoms with van der Waals surface area (Å²) in [7, 11) is 0. The van der Waals surface area contributed by atoms with Gasteiger partial charge in [-0.05, 0) is 44.0 Å². The molecule has 0 bridgehead atoms. The lowest BCUT2D eigenvalue weighted by Crippen LogP contribution is -2.40.